The number of benzene rings is 1. The molecule has 0 radical (unpaired) electrons. The number of ether oxygens (including phenoxy) is 1. The van der Waals surface area contributed by atoms with Gasteiger partial charge in [0.05, 0.1) is 12.4 Å². The summed E-state index contributed by atoms with van der Waals surface area (Å²) in [7, 11) is -2.89. The summed E-state index contributed by atoms with van der Waals surface area (Å²) in [4.78, 5) is 0. The third kappa shape index (κ3) is 5.61. The number of nitrogens with one attached hydrogen (secondary N) is 1. The Morgan fingerprint density at radius 2 is 1.84 bits per heavy atom. The number of rotatable bonds is 8. The molecule has 0 aliphatic rings. The first-order chi connectivity index (χ1) is 8.98. The number of hydrogen-bond acceptors (Lipinski definition) is 4. The summed E-state index contributed by atoms with van der Waals surface area (Å²) in [6, 6.07) is 7.98. The van der Waals surface area contributed by atoms with Crippen LogP contribution in [0.25, 0.3) is 0 Å². The highest BCUT2D eigenvalue weighted by atomic mass is 32.2. The van der Waals surface area contributed by atoms with Crippen molar-refractivity contribution < 1.29 is 13.2 Å². The van der Waals surface area contributed by atoms with Gasteiger partial charge < -0.3 is 10.1 Å². The van der Waals surface area contributed by atoms with Crippen molar-refractivity contribution in [1.82, 2.24) is 5.32 Å². The molecule has 1 rings (SSSR count). The van der Waals surface area contributed by atoms with E-state index in [0.29, 0.717) is 13.2 Å². The molecule has 0 aliphatic heterocycles. The van der Waals surface area contributed by atoms with E-state index in [2.05, 4.69) is 5.32 Å². The molecule has 1 aromatic carbocycles. The first kappa shape index (κ1) is 16.0. The summed E-state index contributed by atoms with van der Waals surface area (Å²) in [6.07, 6.45) is 0. The SMILES string of the molecule is CCOc1ccc(C(C)NCCS(=O)(=O)CC)cc1. The standard InChI is InChI=1S/C14H23NO3S/c1-4-18-14-8-6-13(7-9-14)12(3)15-10-11-19(16,17)5-2/h6-9,12,15H,4-5,10-11H2,1-3H3. The third-order valence-corrected chi connectivity index (χ3v) is 4.70. The van der Waals surface area contributed by atoms with Gasteiger partial charge in [-0.3, -0.25) is 0 Å². The predicted molar refractivity (Wildman–Crippen MR) is 78.4 cm³/mol. The van der Waals surface area contributed by atoms with Gasteiger partial charge in [0.2, 0.25) is 0 Å². The molecule has 0 fully saturated rings. The zero-order valence-corrected chi connectivity index (χ0v) is 12.7. The molecule has 1 aromatic rings. The van der Waals surface area contributed by atoms with Gasteiger partial charge in [-0.2, -0.15) is 0 Å². The van der Waals surface area contributed by atoms with Gasteiger partial charge in [0, 0.05) is 18.3 Å². The van der Waals surface area contributed by atoms with E-state index in [-0.39, 0.29) is 17.5 Å². The van der Waals surface area contributed by atoms with Crippen molar-refractivity contribution in [1.29, 1.82) is 0 Å². The Morgan fingerprint density at radius 3 is 2.37 bits per heavy atom. The summed E-state index contributed by atoms with van der Waals surface area (Å²) in [5.74, 6) is 1.24. The molecule has 0 amide bonds. The van der Waals surface area contributed by atoms with Crippen molar-refractivity contribution in [3.05, 3.63) is 29.8 Å². The van der Waals surface area contributed by atoms with Gasteiger partial charge in [-0.25, -0.2) is 8.42 Å². The lowest BCUT2D eigenvalue weighted by molar-refractivity contribution is 0.340. The van der Waals surface area contributed by atoms with Gasteiger partial charge in [0.1, 0.15) is 5.75 Å². The molecule has 1 atom stereocenters. The van der Waals surface area contributed by atoms with Crippen LogP contribution in [0.3, 0.4) is 0 Å². The second kappa shape index (κ2) is 7.50. The van der Waals surface area contributed by atoms with Crippen LogP contribution >= 0.6 is 0 Å². The quantitative estimate of drug-likeness (QED) is 0.795. The molecule has 1 unspecified atom stereocenters. The van der Waals surface area contributed by atoms with Crippen molar-refractivity contribution in [2.45, 2.75) is 26.8 Å². The topological polar surface area (TPSA) is 55.4 Å². The lowest BCUT2D eigenvalue weighted by Crippen LogP contribution is -2.26. The normalized spacial score (nSPS) is 13.2. The molecule has 4 nitrogen and oxygen atoms in total. The van der Waals surface area contributed by atoms with Gasteiger partial charge in [-0.15, -0.1) is 0 Å². The average molecular weight is 285 g/mol. The zero-order valence-electron chi connectivity index (χ0n) is 11.8. The fourth-order valence-electron chi connectivity index (χ4n) is 1.71. The highest BCUT2D eigenvalue weighted by molar-refractivity contribution is 7.91. The van der Waals surface area contributed by atoms with Gasteiger partial charge in [0.15, 0.2) is 9.84 Å². The van der Waals surface area contributed by atoms with Crippen LogP contribution in [0.2, 0.25) is 0 Å². The molecule has 108 valence electrons. The van der Waals surface area contributed by atoms with E-state index in [9.17, 15) is 8.42 Å². The smallest absolute Gasteiger partial charge is 0.151 e. The molecule has 1 N–H and O–H groups in total. The van der Waals surface area contributed by atoms with E-state index in [1.54, 1.807) is 6.92 Å². The van der Waals surface area contributed by atoms with Gasteiger partial charge in [-0.1, -0.05) is 19.1 Å². The largest absolute Gasteiger partial charge is 0.494 e. The minimum atomic E-state index is -2.89. The lowest BCUT2D eigenvalue weighted by atomic mass is 10.1. The fourth-order valence-corrected chi connectivity index (χ4v) is 2.43. The first-order valence-corrected chi connectivity index (χ1v) is 8.47. The maximum absolute atomic E-state index is 11.4. The minimum absolute atomic E-state index is 0.128. The Balaban J connectivity index is 2.47. The van der Waals surface area contributed by atoms with E-state index in [1.165, 1.54) is 0 Å². The Labute approximate surface area is 116 Å². The highest BCUT2D eigenvalue weighted by Crippen LogP contribution is 2.17. The maximum atomic E-state index is 11.4. The molecule has 0 saturated heterocycles. The van der Waals surface area contributed by atoms with Crippen molar-refractivity contribution in [3.63, 3.8) is 0 Å². The molecule has 0 heterocycles. The van der Waals surface area contributed by atoms with Crippen molar-refractivity contribution in [3.8, 4) is 5.75 Å². The van der Waals surface area contributed by atoms with Crippen LogP contribution in [-0.4, -0.2) is 33.1 Å². The van der Waals surface area contributed by atoms with E-state index in [1.807, 2.05) is 38.1 Å². The Bertz CT molecular complexity index is 468. The second-order valence-corrected chi connectivity index (χ2v) is 6.89. The van der Waals surface area contributed by atoms with Gasteiger partial charge in [-0.05, 0) is 31.5 Å². The van der Waals surface area contributed by atoms with Crippen LogP contribution in [0.5, 0.6) is 5.75 Å². The molecule has 0 bridgehead atoms. The Hall–Kier alpha value is -1.07. The van der Waals surface area contributed by atoms with Crippen molar-refractivity contribution >= 4 is 9.84 Å². The minimum Gasteiger partial charge on any atom is -0.494 e. The zero-order chi connectivity index (χ0) is 14.3. The van der Waals surface area contributed by atoms with Crippen molar-refractivity contribution in [2.24, 2.45) is 0 Å². The molecular formula is C14H23NO3S. The van der Waals surface area contributed by atoms with Crippen LogP contribution in [0.1, 0.15) is 32.4 Å². The van der Waals surface area contributed by atoms with Crippen molar-refractivity contribution in [2.75, 3.05) is 24.7 Å². The summed E-state index contributed by atoms with van der Waals surface area (Å²) in [5, 5.41) is 3.22. The van der Waals surface area contributed by atoms with E-state index in [4.69, 9.17) is 4.74 Å². The van der Waals surface area contributed by atoms with Crippen LogP contribution in [0, 0.1) is 0 Å². The summed E-state index contributed by atoms with van der Waals surface area (Å²) < 4.78 is 28.1. The number of sulfone groups is 1. The first-order valence-electron chi connectivity index (χ1n) is 6.65. The third-order valence-electron chi connectivity index (χ3n) is 2.99. The Kier molecular flexibility index (Phi) is 6.31. The van der Waals surface area contributed by atoms with E-state index >= 15 is 0 Å². The van der Waals surface area contributed by atoms with Crippen LogP contribution in [-0.2, 0) is 9.84 Å². The fraction of sp³-hybridized carbons (Fsp3) is 0.571. The molecular weight excluding hydrogens is 262 g/mol. The lowest BCUT2D eigenvalue weighted by Gasteiger charge is -2.14. The summed E-state index contributed by atoms with van der Waals surface area (Å²) in [5.41, 5.74) is 1.12. The molecule has 0 aromatic heterocycles. The maximum Gasteiger partial charge on any atom is 0.151 e. The average Bonchev–Trinajstić information content (AvgIpc) is 2.39. The molecule has 0 aliphatic carbocycles. The highest BCUT2D eigenvalue weighted by Gasteiger charge is 2.09. The monoisotopic (exact) mass is 285 g/mol. The van der Waals surface area contributed by atoms with Crippen LogP contribution in [0.15, 0.2) is 24.3 Å². The molecule has 5 heteroatoms. The van der Waals surface area contributed by atoms with Gasteiger partial charge >= 0.3 is 0 Å². The van der Waals surface area contributed by atoms with Gasteiger partial charge in [0.25, 0.3) is 0 Å². The Morgan fingerprint density at radius 1 is 1.21 bits per heavy atom. The van der Waals surface area contributed by atoms with Crippen LogP contribution in [0.4, 0.5) is 0 Å². The summed E-state index contributed by atoms with van der Waals surface area (Å²) in [6.45, 7) is 6.78. The predicted octanol–water partition coefficient (Wildman–Crippen LogP) is 2.17. The second-order valence-electron chi connectivity index (χ2n) is 4.41. The molecule has 0 spiro atoms. The number of hydrogen-bond donors (Lipinski definition) is 1. The molecule has 0 saturated carbocycles. The summed E-state index contributed by atoms with van der Waals surface area (Å²) >= 11 is 0. The van der Waals surface area contributed by atoms with E-state index < -0.39 is 9.84 Å². The molecule has 19 heavy (non-hydrogen) atoms. The van der Waals surface area contributed by atoms with E-state index in [0.717, 1.165) is 11.3 Å². The van der Waals surface area contributed by atoms with Crippen LogP contribution < -0.4 is 10.1 Å².